The van der Waals surface area contributed by atoms with Crippen LogP contribution in [0.4, 0.5) is 5.95 Å². The molecule has 1 aromatic carbocycles. The summed E-state index contributed by atoms with van der Waals surface area (Å²) in [6.45, 7) is 6.97. The fourth-order valence-electron chi connectivity index (χ4n) is 2.84. The number of hydrogen-bond donors (Lipinski definition) is 0. The van der Waals surface area contributed by atoms with E-state index in [0.717, 1.165) is 35.7 Å². The second kappa shape index (κ2) is 6.13. The SMILES string of the molecule is Cc1cc(C)cc(C(=O)N2CCN(c3ncccn3)CC2)c1. The van der Waals surface area contributed by atoms with Crippen molar-refractivity contribution >= 4 is 11.9 Å². The minimum Gasteiger partial charge on any atom is -0.337 e. The lowest BCUT2D eigenvalue weighted by molar-refractivity contribution is 0.0746. The number of aryl methyl sites for hydroxylation is 2. The molecule has 22 heavy (non-hydrogen) atoms. The minimum atomic E-state index is 0.112. The lowest BCUT2D eigenvalue weighted by Crippen LogP contribution is -2.49. The van der Waals surface area contributed by atoms with Crippen molar-refractivity contribution in [3.8, 4) is 0 Å². The molecular formula is C17H20N4O. The van der Waals surface area contributed by atoms with Gasteiger partial charge in [-0.25, -0.2) is 9.97 Å². The van der Waals surface area contributed by atoms with Crippen molar-refractivity contribution in [2.24, 2.45) is 0 Å². The maximum absolute atomic E-state index is 12.6. The van der Waals surface area contributed by atoms with Crippen molar-refractivity contribution in [1.29, 1.82) is 0 Å². The Kier molecular flexibility index (Phi) is 4.04. The molecule has 5 heteroatoms. The van der Waals surface area contributed by atoms with Crippen LogP contribution >= 0.6 is 0 Å². The number of carbonyl (C=O) groups excluding carboxylic acids is 1. The topological polar surface area (TPSA) is 49.3 Å². The number of aromatic nitrogens is 2. The second-order valence-electron chi connectivity index (χ2n) is 5.70. The van der Waals surface area contributed by atoms with Crippen LogP contribution in [0.15, 0.2) is 36.7 Å². The van der Waals surface area contributed by atoms with Crippen LogP contribution in [0.1, 0.15) is 21.5 Å². The van der Waals surface area contributed by atoms with Gasteiger partial charge in [-0.15, -0.1) is 0 Å². The van der Waals surface area contributed by atoms with Gasteiger partial charge in [0.15, 0.2) is 0 Å². The first kappa shape index (κ1) is 14.5. The number of anilines is 1. The molecule has 5 nitrogen and oxygen atoms in total. The summed E-state index contributed by atoms with van der Waals surface area (Å²) in [5.41, 5.74) is 3.03. The Bertz CT molecular complexity index is 643. The predicted octanol–water partition coefficient (Wildman–Crippen LogP) is 2.06. The van der Waals surface area contributed by atoms with Crippen molar-refractivity contribution < 1.29 is 4.79 Å². The van der Waals surface area contributed by atoms with E-state index in [1.165, 1.54) is 0 Å². The van der Waals surface area contributed by atoms with Crippen LogP contribution in [0.5, 0.6) is 0 Å². The van der Waals surface area contributed by atoms with Crippen molar-refractivity contribution in [2.45, 2.75) is 13.8 Å². The molecule has 1 fully saturated rings. The van der Waals surface area contributed by atoms with Gasteiger partial charge in [0.05, 0.1) is 0 Å². The van der Waals surface area contributed by atoms with Crippen molar-refractivity contribution in [1.82, 2.24) is 14.9 Å². The van der Waals surface area contributed by atoms with E-state index in [0.29, 0.717) is 13.1 Å². The Labute approximate surface area is 130 Å². The lowest BCUT2D eigenvalue weighted by atomic mass is 10.1. The first-order valence-corrected chi connectivity index (χ1v) is 7.53. The molecule has 1 aliphatic heterocycles. The van der Waals surface area contributed by atoms with Crippen molar-refractivity contribution in [3.05, 3.63) is 53.3 Å². The van der Waals surface area contributed by atoms with Gasteiger partial charge in [-0.2, -0.15) is 0 Å². The monoisotopic (exact) mass is 296 g/mol. The van der Waals surface area contributed by atoms with Crippen molar-refractivity contribution in [3.63, 3.8) is 0 Å². The average Bonchev–Trinajstić information content (AvgIpc) is 2.54. The number of nitrogens with zero attached hydrogens (tertiary/aromatic N) is 4. The molecule has 1 aliphatic rings. The molecule has 1 amide bonds. The van der Waals surface area contributed by atoms with Gasteiger partial charge in [0, 0.05) is 44.1 Å². The summed E-state index contributed by atoms with van der Waals surface area (Å²) < 4.78 is 0. The number of amides is 1. The maximum Gasteiger partial charge on any atom is 0.253 e. The third-order valence-corrected chi connectivity index (χ3v) is 3.87. The largest absolute Gasteiger partial charge is 0.337 e. The summed E-state index contributed by atoms with van der Waals surface area (Å²) >= 11 is 0. The molecule has 2 aromatic rings. The molecule has 0 aliphatic carbocycles. The maximum atomic E-state index is 12.6. The zero-order chi connectivity index (χ0) is 15.5. The zero-order valence-electron chi connectivity index (χ0n) is 13.0. The molecular weight excluding hydrogens is 276 g/mol. The molecule has 0 unspecified atom stereocenters. The molecule has 3 rings (SSSR count). The van der Waals surface area contributed by atoms with Crippen LogP contribution in [-0.2, 0) is 0 Å². The molecule has 0 N–H and O–H groups in total. The van der Waals surface area contributed by atoms with Gasteiger partial charge in [-0.05, 0) is 32.0 Å². The number of carbonyl (C=O) groups is 1. The zero-order valence-corrected chi connectivity index (χ0v) is 13.0. The summed E-state index contributed by atoms with van der Waals surface area (Å²) in [4.78, 5) is 25.2. The van der Waals surface area contributed by atoms with Gasteiger partial charge in [0.1, 0.15) is 0 Å². The summed E-state index contributed by atoms with van der Waals surface area (Å²) in [5, 5.41) is 0. The number of benzene rings is 1. The summed E-state index contributed by atoms with van der Waals surface area (Å²) in [5.74, 6) is 0.849. The minimum absolute atomic E-state index is 0.112. The van der Waals surface area contributed by atoms with Crippen molar-refractivity contribution in [2.75, 3.05) is 31.1 Å². The van der Waals surface area contributed by atoms with Crippen LogP contribution in [0.2, 0.25) is 0 Å². The van der Waals surface area contributed by atoms with E-state index < -0.39 is 0 Å². The Morgan fingerprint density at radius 1 is 0.955 bits per heavy atom. The van der Waals surface area contributed by atoms with Gasteiger partial charge in [0.25, 0.3) is 5.91 Å². The van der Waals surface area contributed by atoms with Gasteiger partial charge in [0.2, 0.25) is 5.95 Å². The van der Waals surface area contributed by atoms with Crippen LogP contribution in [-0.4, -0.2) is 47.0 Å². The highest BCUT2D eigenvalue weighted by molar-refractivity contribution is 5.94. The molecule has 0 spiro atoms. The summed E-state index contributed by atoms with van der Waals surface area (Å²) in [6.07, 6.45) is 3.49. The number of rotatable bonds is 2. The summed E-state index contributed by atoms with van der Waals surface area (Å²) in [6, 6.07) is 7.81. The molecule has 0 atom stereocenters. The van der Waals surface area contributed by atoms with Gasteiger partial charge < -0.3 is 9.80 Å². The first-order chi connectivity index (χ1) is 10.6. The first-order valence-electron chi connectivity index (χ1n) is 7.53. The van der Waals surface area contributed by atoms with E-state index in [1.807, 2.05) is 36.9 Å². The van der Waals surface area contributed by atoms with Gasteiger partial charge in [-0.3, -0.25) is 4.79 Å². The molecule has 0 bridgehead atoms. The molecule has 114 valence electrons. The third kappa shape index (κ3) is 3.08. The Morgan fingerprint density at radius 3 is 2.14 bits per heavy atom. The molecule has 1 saturated heterocycles. The van der Waals surface area contributed by atoms with Gasteiger partial charge in [-0.1, -0.05) is 17.2 Å². The van der Waals surface area contributed by atoms with Crippen LogP contribution in [0.25, 0.3) is 0 Å². The Hall–Kier alpha value is -2.43. The van der Waals surface area contributed by atoms with Crippen LogP contribution in [0, 0.1) is 13.8 Å². The predicted molar refractivity (Wildman–Crippen MR) is 86.1 cm³/mol. The third-order valence-electron chi connectivity index (χ3n) is 3.87. The highest BCUT2D eigenvalue weighted by atomic mass is 16.2. The number of piperazine rings is 1. The second-order valence-corrected chi connectivity index (χ2v) is 5.70. The standard InChI is InChI=1S/C17H20N4O/c1-13-10-14(2)12-15(11-13)16(22)20-6-8-21(9-7-20)17-18-4-3-5-19-17/h3-5,10-12H,6-9H2,1-2H3. The quantitative estimate of drug-likeness (QED) is 0.851. The Morgan fingerprint density at radius 2 is 1.55 bits per heavy atom. The highest BCUT2D eigenvalue weighted by Crippen LogP contribution is 2.15. The van der Waals surface area contributed by atoms with Crippen LogP contribution < -0.4 is 4.90 Å². The van der Waals surface area contributed by atoms with E-state index in [1.54, 1.807) is 12.4 Å². The van der Waals surface area contributed by atoms with Crippen LogP contribution in [0.3, 0.4) is 0 Å². The van der Waals surface area contributed by atoms with E-state index >= 15 is 0 Å². The lowest BCUT2D eigenvalue weighted by Gasteiger charge is -2.34. The molecule has 0 saturated carbocycles. The summed E-state index contributed by atoms with van der Waals surface area (Å²) in [7, 11) is 0. The molecule has 2 heterocycles. The average molecular weight is 296 g/mol. The Balaban J connectivity index is 1.67. The van der Waals surface area contributed by atoms with Gasteiger partial charge >= 0.3 is 0 Å². The molecule has 1 aromatic heterocycles. The number of hydrogen-bond acceptors (Lipinski definition) is 4. The highest BCUT2D eigenvalue weighted by Gasteiger charge is 2.23. The fraction of sp³-hybridized carbons (Fsp3) is 0.353. The smallest absolute Gasteiger partial charge is 0.253 e. The normalized spacial score (nSPS) is 15.0. The van der Waals surface area contributed by atoms with E-state index in [-0.39, 0.29) is 5.91 Å². The fourth-order valence-corrected chi connectivity index (χ4v) is 2.84. The molecule has 0 radical (unpaired) electrons. The van der Waals surface area contributed by atoms with E-state index in [2.05, 4.69) is 20.9 Å². The van der Waals surface area contributed by atoms with E-state index in [9.17, 15) is 4.79 Å². The van der Waals surface area contributed by atoms with E-state index in [4.69, 9.17) is 0 Å².